The Balaban J connectivity index is 2.48. The predicted molar refractivity (Wildman–Crippen MR) is 62.9 cm³/mol. The van der Waals surface area contributed by atoms with Crippen molar-refractivity contribution < 1.29 is 13.9 Å². The van der Waals surface area contributed by atoms with Crippen LogP contribution in [0.4, 0.5) is 0 Å². The molecule has 0 radical (unpaired) electrons. The number of pyridine rings is 1. The number of hydrogen-bond donors (Lipinski definition) is 1. The number of furan rings is 1. The molecule has 0 aromatic carbocycles. The third kappa shape index (κ3) is 2.22. The highest BCUT2D eigenvalue weighted by Crippen LogP contribution is 2.32. The van der Waals surface area contributed by atoms with E-state index >= 15 is 0 Å². The van der Waals surface area contributed by atoms with Crippen molar-refractivity contribution in [2.24, 2.45) is 11.7 Å². The van der Waals surface area contributed by atoms with Crippen molar-refractivity contribution in [3.8, 4) is 5.75 Å². The number of primary amides is 1. The fraction of sp³-hybridized carbons (Fsp3) is 0.333. The lowest BCUT2D eigenvalue weighted by molar-refractivity contribution is 0.0969. The summed E-state index contributed by atoms with van der Waals surface area (Å²) in [5.74, 6) is 0.139. The normalized spacial score (nSPS) is 11.0. The molecule has 0 bridgehead atoms. The van der Waals surface area contributed by atoms with Crippen LogP contribution in [0.5, 0.6) is 5.75 Å². The van der Waals surface area contributed by atoms with Crippen LogP contribution in [0.3, 0.4) is 0 Å². The second-order valence-corrected chi connectivity index (χ2v) is 4.20. The van der Waals surface area contributed by atoms with E-state index in [1.54, 1.807) is 18.5 Å². The third-order valence-electron chi connectivity index (χ3n) is 2.23. The summed E-state index contributed by atoms with van der Waals surface area (Å²) in [5, 5.41) is 0.668. The Morgan fingerprint density at radius 1 is 1.59 bits per heavy atom. The van der Waals surface area contributed by atoms with Crippen molar-refractivity contribution in [2.45, 2.75) is 13.8 Å². The van der Waals surface area contributed by atoms with E-state index in [0.29, 0.717) is 29.2 Å². The SMILES string of the molecule is CC(C)COc1c(C(N)=O)oc2ccncc12. The molecule has 2 heterocycles. The average molecular weight is 234 g/mol. The molecule has 90 valence electrons. The van der Waals surface area contributed by atoms with Crippen LogP contribution in [0.1, 0.15) is 24.4 Å². The van der Waals surface area contributed by atoms with E-state index in [1.165, 1.54) is 0 Å². The Labute approximate surface area is 98.6 Å². The Bertz CT molecular complexity index is 546. The Morgan fingerprint density at radius 3 is 3.00 bits per heavy atom. The lowest BCUT2D eigenvalue weighted by Gasteiger charge is -2.07. The van der Waals surface area contributed by atoms with Gasteiger partial charge in [-0.2, -0.15) is 0 Å². The van der Waals surface area contributed by atoms with E-state index in [9.17, 15) is 4.79 Å². The maximum absolute atomic E-state index is 11.3. The number of rotatable bonds is 4. The Morgan fingerprint density at radius 2 is 2.35 bits per heavy atom. The topological polar surface area (TPSA) is 78.4 Å². The molecule has 0 aliphatic heterocycles. The van der Waals surface area contributed by atoms with E-state index in [0.717, 1.165) is 0 Å². The van der Waals surface area contributed by atoms with Gasteiger partial charge in [0.1, 0.15) is 5.58 Å². The molecule has 2 rings (SSSR count). The number of hydrogen-bond acceptors (Lipinski definition) is 4. The van der Waals surface area contributed by atoms with Crippen LogP contribution < -0.4 is 10.5 Å². The van der Waals surface area contributed by atoms with E-state index in [4.69, 9.17) is 14.9 Å². The zero-order chi connectivity index (χ0) is 12.4. The van der Waals surface area contributed by atoms with Gasteiger partial charge in [0.25, 0.3) is 5.91 Å². The molecule has 1 amide bonds. The first-order valence-corrected chi connectivity index (χ1v) is 5.38. The molecule has 0 unspecified atom stereocenters. The minimum atomic E-state index is -0.639. The summed E-state index contributed by atoms with van der Waals surface area (Å²) < 4.78 is 10.9. The highest BCUT2D eigenvalue weighted by molar-refractivity contribution is 6.00. The highest BCUT2D eigenvalue weighted by atomic mass is 16.5. The van der Waals surface area contributed by atoms with Crippen LogP contribution >= 0.6 is 0 Å². The van der Waals surface area contributed by atoms with Crippen molar-refractivity contribution in [1.29, 1.82) is 0 Å². The monoisotopic (exact) mass is 234 g/mol. The molecule has 0 aliphatic carbocycles. The molecule has 17 heavy (non-hydrogen) atoms. The van der Waals surface area contributed by atoms with Gasteiger partial charge in [-0.05, 0) is 12.0 Å². The van der Waals surface area contributed by atoms with Crippen LogP contribution in [0, 0.1) is 5.92 Å². The number of carbonyl (C=O) groups is 1. The molecule has 2 aromatic heterocycles. The largest absolute Gasteiger partial charge is 0.488 e. The van der Waals surface area contributed by atoms with Crippen LogP contribution in [-0.4, -0.2) is 17.5 Å². The van der Waals surface area contributed by atoms with Gasteiger partial charge in [-0.25, -0.2) is 0 Å². The molecule has 5 heteroatoms. The van der Waals surface area contributed by atoms with E-state index < -0.39 is 5.91 Å². The van der Waals surface area contributed by atoms with Crippen LogP contribution in [-0.2, 0) is 0 Å². The van der Waals surface area contributed by atoms with Crippen molar-refractivity contribution in [3.63, 3.8) is 0 Å². The molecule has 5 nitrogen and oxygen atoms in total. The number of fused-ring (bicyclic) bond motifs is 1. The van der Waals surface area contributed by atoms with Gasteiger partial charge in [-0.1, -0.05) is 13.8 Å². The molecular formula is C12H14N2O3. The van der Waals surface area contributed by atoms with Gasteiger partial charge in [0.2, 0.25) is 5.76 Å². The average Bonchev–Trinajstić information content (AvgIpc) is 2.65. The van der Waals surface area contributed by atoms with E-state index in [-0.39, 0.29) is 5.76 Å². The minimum absolute atomic E-state index is 0.0497. The zero-order valence-corrected chi connectivity index (χ0v) is 9.77. The number of nitrogens with two attached hydrogens (primary N) is 1. The first kappa shape index (κ1) is 11.4. The molecule has 0 saturated heterocycles. The summed E-state index contributed by atoms with van der Waals surface area (Å²) in [7, 11) is 0. The number of nitrogens with zero attached hydrogens (tertiary/aromatic N) is 1. The van der Waals surface area contributed by atoms with Crippen LogP contribution in [0.25, 0.3) is 11.0 Å². The van der Waals surface area contributed by atoms with Gasteiger partial charge >= 0.3 is 0 Å². The molecule has 0 aliphatic rings. The van der Waals surface area contributed by atoms with Gasteiger partial charge in [-0.15, -0.1) is 0 Å². The summed E-state index contributed by atoms with van der Waals surface area (Å²) in [6, 6.07) is 1.67. The number of carbonyl (C=O) groups excluding carboxylic acids is 1. The molecule has 2 aromatic rings. The second kappa shape index (κ2) is 4.45. The maximum Gasteiger partial charge on any atom is 0.288 e. The van der Waals surface area contributed by atoms with E-state index in [1.807, 2.05) is 13.8 Å². The maximum atomic E-state index is 11.3. The van der Waals surface area contributed by atoms with Gasteiger partial charge in [-0.3, -0.25) is 9.78 Å². The fourth-order valence-electron chi connectivity index (χ4n) is 1.48. The van der Waals surface area contributed by atoms with E-state index in [2.05, 4.69) is 4.98 Å². The summed E-state index contributed by atoms with van der Waals surface area (Å²) in [5.41, 5.74) is 5.80. The van der Waals surface area contributed by atoms with Crippen molar-refractivity contribution >= 4 is 16.9 Å². The third-order valence-corrected chi connectivity index (χ3v) is 2.23. The molecule has 0 saturated carbocycles. The molecule has 0 fully saturated rings. The Hall–Kier alpha value is -2.04. The summed E-state index contributed by atoms with van der Waals surface area (Å²) in [6.07, 6.45) is 3.18. The summed E-state index contributed by atoms with van der Waals surface area (Å²) >= 11 is 0. The first-order chi connectivity index (χ1) is 8.09. The van der Waals surface area contributed by atoms with Crippen LogP contribution in [0.2, 0.25) is 0 Å². The summed E-state index contributed by atoms with van der Waals surface area (Å²) in [4.78, 5) is 15.2. The number of ether oxygens (including phenoxy) is 1. The number of aromatic nitrogens is 1. The highest BCUT2D eigenvalue weighted by Gasteiger charge is 2.20. The molecule has 0 spiro atoms. The zero-order valence-electron chi connectivity index (χ0n) is 9.77. The fourth-order valence-corrected chi connectivity index (χ4v) is 1.48. The second-order valence-electron chi connectivity index (χ2n) is 4.20. The smallest absolute Gasteiger partial charge is 0.288 e. The standard InChI is InChI=1S/C12H14N2O3/c1-7(2)6-16-10-8-5-14-4-3-9(8)17-11(10)12(13)15/h3-5,7H,6H2,1-2H3,(H2,13,15). The van der Waals surface area contributed by atoms with Gasteiger partial charge in [0.15, 0.2) is 5.75 Å². The van der Waals surface area contributed by atoms with Crippen LogP contribution in [0.15, 0.2) is 22.9 Å². The molecular weight excluding hydrogens is 220 g/mol. The lowest BCUT2D eigenvalue weighted by atomic mass is 10.2. The van der Waals surface area contributed by atoms with Gasteiger partial charge in [0, 0.05) is 12.4 Å². The number of amides is 1. The van der Waals surface area contributed by atoms with Crippen molar-refractivity contribution in [2.75, 3.05) is 6.61 Å². The molecule has 0 atom stereocenters. The quantitative estimate of drug-likeness (QED) is 0.877. The van der Waals surface area contributed by atoms with Gasteiger partial charge < -0.3 is 14.9 Å². The predicted octanol–water partition coefficient (Wildman–Crippen LogP) is 1.96. The summed E-state index contributed by atoms with van der Waals surface area (Å²) in [6.45, 7) is 4.53. The first-order valence-electron chi connectivity index (χ1n) is 5.38. The minimum Gasteiger partial charge on any atom is -0.488 e. The molecule has 2 N–H and O–H groups in total. The van der Waals surface area contributed by atoms with Crippen molar-refractivity contribution in [1.82, 2.24) is 4.98 Å². The Kier molecular flexibility index (Phi) is 2.99. The van der Waals surface area contributed by atoms with Gasteiger partial charge in [0.05, 0.1) is 12.0 Å². The lowest BCUT2D eigenvalue weighted by Crippen LogP contribution is -2.13. The van der Waals surface area contributed by atoms with Crippen molar-refractivity contribution in [3.05, 3.63) is 24.2 Å².